The molecule has 0 bridgehead atoms. The van der Waals surface area contributed by atoms with E-state index in [1.54, 1.807) is 7.11 Å². The molecular weight excluding hydrogens is 340 g/mol. The highest BCUT2D eigenvalue weighted by Gasteiger charge is 2.14. The number of hydrogen-bond donors (Lipinski definition) is 1. The van der Waals surface area contributed by atoms with Gasteiger partial charge in [-0.3, -0.25) is 4.79 Å². The number of likely N-dealkylation sites (tertiary alicyclic amines) is 1. The second-order valence-corrected chi connectivity index (χ2v) is 7.21. The fraction of sp³-hybridized carbons (Fsp3) is 0.524. The summed E-state index contributed by atoms with van der Waals surface area (Å²) in [6, 6.07) is 7.67. The third kappa shape index (κ3) is 5.57. The molecule has 3 rings (SSSR count). The molecule has 1 aromatic heterocycles. The fourth-order valence-corrected chi connectivity index (χ4v) is 3.45. The van der Waals surface area contributed by atoms with E-state index in [-0.39, 0.29) is 11.9 Å². The van der Waals surface area contributed by atoms with Gasteiger partial charge in [0, 0.05) is 24.7 Å². The predicted octanol–water partition coefficient (Wildman–Crippen LogP) is 3.32. The number of nitrogens with zero attached hydrogens (tertiary/aromatic N) is 3. The summed E-state index contributed by atoms with van der Waals surface area (Å²) in [6.45, 7) is 5.10. The summed E-state index contributed by atoms with van der Waals surface area (Å²) in [6.07, 6.45) is 9.46. The third-order valence-corrected chi connectivity index (χ3v) is 5.17. The summed E-state index contributed by atoms with van der Waals surface area (Å²) in [5.41, 5.74) is 1.95. The average Bonchev–Trinajstić information content (AvgIpc) is 3.04. The molecule has 2 heterocycles. The van der Waals surface area contributed by atoms with E-state index in [1.807, 2.05) is 48.3 Å². The zero-order chi connectivity index (χ0) is 19.1. The Morgan fingerprint density at radius 3 is 2.56 bits per heavy atom. The summed E-state index contributed by atoms with van der Waals surface area (Å²) < 4.78 is 7.00. The summed E-state index contributed by atoms with van der Waals surface area (Å²) in [5, 5.41) is 7.51. The van der Waals surface area contributed by atoms with Crippen LogP contribution in [-0.4, -0.2) is 47.3 Å². The summed E-state index contributed by atoms with van der Waals surface area (Å²) in [4.78, 5) is 14.7. The zero-order valence-electron chi connectivity index (χ0n) is 16.4. The van der Waals surface area contributed by atoms with Gasteiger partial charge in [0.15, 0.2) is 0 Å². The van der Waals surface area contributed by atoms with Crippen molar-refractivity contribution in [3.63, 3.8) is 0 Å². The number of carbonyl (C=O) groups excluding carboxylic acids is 1. The highest BCUT2D eigenvalue weighted by Crippen LogP contribution is 2.17. The molecule has 27 heavy (non-hydrogen) atoms. The number of methoxy groups -OCH3 is 1. The Morgan fingerprint density at radius 1 is 1.19 bits per heavy atom. The maximum absolute atomic E-state index is 12.3. The Bertz CT molecular complexity index is 718. The van der Waals surface area contributed by atoms with Crippen LogP contribution in [0.3, 0.4) is 0 Å². The first kappa shape index (κ1) is 19.4. The van der Waals surface area contributed by atoms with Gasteiger partial charge >= 0.3 is 0 Å². The van der Waals surface area contributed by atoms with Crippen molar-refractivity contribution in [2.45, 2.75) is 45.1 Å². The third-order valence-electron chi connectivity index (χ3n) is 5.17. The number of aromatic nitrogens is 2. The van der Waals surface area contributed by atoms with Crippen LogP contribution in [0.1, 0.15) is 50.6 Å². The first-order chi connectivity index (χ1) is 13.2. The SMILES string of the molecule is COc1ccc(-n2cc([C@@H](C)NC(=O)CCN3CCCCCC3)cn2)cc1. The Morgan fingerprint density at radius 2 is 1.89 bits per heavy atom. The first-order valence-electron chi connectivity index (χ1n) is 9.86. The van der Waals surface area contributed by atoms with E-state index < -0.39 is 0 Å². The summed E-state index contributed by atoms with van der Waals surface area (Å²) >= 11 is 0. The van der Waals surface area contributed by atoms with E-state index in [1.165, 1.54) is 25.7 Å². The molecule has 1 N–H and O–H groups in total. The molecule has 1 aliphatic heterocycles. The maximum Gasteiger partial charge on any atom is 0.221 e. The molecular formula is C21H30N4O2. The van der Waals surface area contributed by atoms with Gasteiger partial charge in [-0.2, -0.15) is 5.10 Å². The van der Waals surface area contributed by atoms with Crippen LogP contribution >= 0.6 is 0 Å². The van der Waals surface area contributed by atoms with Crippen LogP contribution in [0, 0.1) is 0 Å². The fourth-order valence-electron chi connectivity index (χ4n) is 3.45. The summed E-state index contributed by atoms with van der Waals surface area (Å²) in [7, 11) is 1.65. The molecule has 0 aliphatic carbocycles. The molecule has 6 nitrogen and oxygen atoms in total. The molecule has 1 atom stereocenters. The Kier molecular flexibility index (Phi) is 6.87. The molecule has 1 fully saturated rings. The lowest BCUT2D eigenvalue weighted by Crippen LogP contribution is -2.32. The molecule has 0 spiro atoms. The molecule has 2 aromatic rings. The number of ether oxygens (including phenoxy) is 1. The number of hydrogen-bond acceptors (Lipinski definition) is 4. The van der Waals surface area contributed by atoms with Crippen molar-refractivity contribution in [2.24, 2.45) is 0 Å². The van der Waals surface area contributed by atoms with Crippen LogP contribution in [0.25, 0.3) is 5.69 Å². The molecule has 146 valence electrons. The quantitative estimate of drug-likeness (QED) is 0.812. The van der Waals surface area contributed by atoms with Gasteiger partial charge in [-0.1, -0.05) is 12.8 Å². The summed E-state index contributed by atoms with van der Waals surface area (Å²) in [5.74, 6) is 0.917. The van der Waals surface area contributed by atoms with E-state index >= 15 is 0 Å². The van der Waals surface area contributed by atoms with Crippen LogP contribution < -0.4 is 10.1 Å². The van der Waals surface area contributed by atoms with Gasteiger partial charge in [-0.15, -0.1) is 0 Å². The zero-order valence-corrected chi connectivity index (χ0v) is 16.4. The van der Waals surface area contributed by atoms with Crippen molar-refractivity contribution in [3.8, 4) is 11.4 Å². The lowest BCUT2D eigenvalue weighted by molar-refractivity contribution is -0.122. The highest BCUT2D eigenvalue weighted by molar-refractivity contribution is 5.76. The lowest BCUT2D eigenvalue weighted by atomic mass is 10.2. The monoisotopic (exact) mass is 370 g/mol. The van der Waals surface area contributed by atoms with Crippen LogP contribution in [-0.2, 0) is 4.79 Å². The number of benzene rings is 1. The Labute approximate surface area is 161 Å². The van der Waals surface area contributed by atoms with Crippen molar-refractivity contribution in [1.82, 2.24) is 20.0 Å². The smallest absolute Gasteiger partial charge is 0.221 e. The van der Waals surface area contributed by atoms with Gasteiger partial charge in [0.2, 0.25) is 5.91 Å². The number of nitrogens with one attached hydrogen (secondary N) is 1. The van der Waals surface area contributed by atoms with Crippen LogP contribution in [0.5, 0.6) is 5.75 Å². The van der Waals surface area contributed by atoms with Gasteiger partial charge in [-0.05, 0) is 57.1 Å². The van der Waals surface area contributed by atoms with Crippen molar-refractivity contribution in [1.29, 1.82) is 0 Å². The van der Waals surface area contributed by atoms with E-state index in [4.69, 9.17) is 4.74 Å². The lowest BCUT2D eigenvalue weighted by Gasteiger charge is -2.20. The molecule has 1 saturated heterocycles. The van der Waals surface area contributed by atoms with Gasteiger partial charge in [0.25, 0.3) is 0 Å². The molecule has 6 heteroatoms. The Hall–Kier alpha value is -2.34. The molecule has 0 unspecified atom stereocenters. The number of amides is 1. The minimum atomic E-state index is -0.0615. The van der Waals surface area contributed by atoms with Crippen molar-refractivity contribution >= 4 is 5.91 Å². The average molecular weight is 370 g/mol. The number of carbonyl (C=O) groups is 1. The predicted molar refractivity (Wildman–Crippen MR) is 106 cm³/mol. The molecule has 0 saturated carbocycles. The van der Waals surface area contributed by atoms with E-state index in [9.17, 15) is 4.79 Å². The van der Waals surface area contributed by atoms with Gasteiger partial charge < -0.3 is 15.0 Å². The largest absolute Gasteiger partial charge is 0.497 e. The maximum atomic E-state index is 12.3. The van der Waals surface area contributed by atoms with E-state index in [0.717, 1.165) is 36.6 Å². The van der Waals surface area contributed by atoms with Crippen LogP contribution in [0.15, 0.2) is 36.7 Å². The van der Waals surface area contributed by atoms with E-state index in [0.29, 0.717) is 6.42 Å². The molecule has 1 aromatic carbocycles. The van der Waals surface area contributed by atoms with Gasteiger partial charge in [0.05, 0.1) is 25.0 Å². The van der Waals surface area contributed by atoms with E-state index in [2.05, 4.69) is 15.3 Å². The number of rotatable bonds is 7. The molecule has 0 radical (unpaired) electrons. The van der Waals surface area contributed by atoms with Gasteiger partial charge in [-0.25, -0.2) is 4.68 Å². The molecule has 1 aliphatic rings. The van der Waals surface area contributed by atoms with Crippen molar-refractivity contribution < 1.29 is 9.53 Å². The van der Waals surface area contributed by atoms with Crippen molar-refractivity contribution in [2.75, 3.05) is 26.7 Å². The normalized spacial score (nSPS) is 16.5. The second kappa shape index (κ2) is 9.55. The van der Waals surface area contributed by atoms with Crippen LogP contribution in [0.4, 0.5) is 0 Å². The highest BCUT2D eigenvalue weighted by atomic mass is 16.5. The second-order valence-electron chi connectivity index (χ2n) is 7.21. The van der Waals surface area contributed by atoms with Crippen LogP contribution in [0.2, 0.25) is 0 Å². The Balaban J connectivity index is 1.50. The first-order valence-corrected chi connectivity index (χ1v) is 9.86. The standard InChI is InChI=1S/C21H30N4O2/c1-17(23-21(26)11-14-24-12-5-3-4-6-13-24)18-15-22-25(16-18)19-7-9-20(27-2)10-8-19/h7-10,15-17H,3-6,11-14H2,1-2H3,(H,23,26)/t17-/m1/s1. The minimum Gasteiger partial charge on any atom is -0.497 e. The van der Waals surface area contributed by atoms with Gasteiger partial charge in [0.1, 0.15) is 5.75 Å². The molecule has 1 amide bonds. The van der Waals surface area contributed by atoms with Crippen molar-refractivity contribution in [3.05, 3.63) is 42.2 Å². The topological polar surface area (TPSA) is 59.4 Å². The minimum absolute atomic E-state index is 0.0615.